The number of carbonyl (C=O) groups excluding carboxylic acids is 3. The first kappa shape index (κ1) is 21.0. The average Bonchev–Trinajstić information content (AvgIpc) is 2.78. The van der Waals surface area contributed by atoms with Crippen molar-refractivity contribution in [2.24, 2.45) is 0 Å². The first-order valence-corrected chi connectivity index (χ1v) is 9.73. The number of amides is 1. The number of benzene rings is 3. The molecule has 8 nitrogen and oxygen atoms in total. The van der Waals surface area contributed by atoms with E-state index in [2.05, 4.69) is 10.6 Å². The van der Waals surface area contributed by atoms with Gasteiger partial charge in [0.25, 0.3) is 11.6 Å². The lowest BCUT2D eigenvalue weighted by molar-refractivity contribution is -0.384. The molecule has 0 bridgehead atoms. The normalized spacial score (nSPS) is 12.6. The number of nitro groups is 1. The maximum Gasteiger partial charge on any atom is 0.270 e. The van der Waals surface area contributed by atoms with Gasteiger partial charge in [0.15, 0.2) is 5.78 Å². The van der Waals surface area contributed by atoms with E-state index in [0.717, 1.165) is 6.07 Å². The summed E-state index contributed by atoms with van der Waals surface area (Å²) in [5.74, 6) is -1.07. The number of hydrogen-bond acceptors (Lipinski definition) is 6. The number of Topliss-reactive ketones (excluding diaryl/α,β-unsaturated/α-hetero) is 1. The van der Waals surface area contributed by atoms with Crippen LogP contribution < -0.4 is 10.6 Å². The highest BCUT2D eigenvalue weighted by atomic mass is 35.5. The Labute approximate surface area is 186 Å². The molecular weight excluding hydrogens is 434 g/mol. The monoisotopic (exact) mass is 447 g/mol. The smallest absolute Gasteiger partial charge is 0.270 e. The molecule has 1 aliphatic rings. The summed E-state index contributed by atoms with van der Waals surface area (Å²) >= 11 is 5.99. The van der Waals surface area contributed by atoms with Crippen molar-refractivity contribution in [2.75, 3.05) is 10.6 Å². The van der Waals surface area contributed by atoms with E-state index in [1.54, 1.807) is 48.5 Å². The van der Waals surface area contributed by atoms with Gasteiger partial charge in [0.1, 0.15) is 0 Å². The number of nitrogens with one attached hydrogen (secondary N) is 2. The Kier molecular flexibility index (Phi) is 5.53. The zero-order valence-corrected chi connectivity index (χ0v) is 17.1. The van der Waals surface area contributed by atoms with Gasteiger partial charge in [-0.25, -0.2) is 0 Å². The fourth-order valence-corrected chi connectivity index (χ4v) is 3.46. The van der Waals surface area contributed by atoms with Gasteiger partial charge in [-0.05, 0) is 30.3 Å². The zero-order chi connectivity index (χ0) is 22.8. The topological polar surface area (TPSA) is 118 Å². The van der Waals surface area contributed by atoms with E-state index in [1.807, 2.05) is 0 Å². The molecule has 3 aromatic rings. The first-order valence-electron chi connectivity index (χ1n) is 9.35. The number of nitro benzene ring substituents is 1. The third-order valence-corrected chi connectivity index (χ3v) is 5.10. The second-order valence-electron chi connectivity index (χ2n) is 6.87. The van der Waals surface area contributed by atoms with Crippen molar-refractivity contribution in [1.82, 2.24) is 0 Å². The molecule has 32 heavy (non-hydrogen) atoms. The van der Waals surface area contributed by atoms with Crippen LogP contribution in [-0.2, 0) is 0 Å². The van der Waals surface area contributed by atoms with Crippen molar-refractivity contribution in [1.29, 1.82) is 0 Å². The third-order valence-electron chi connectivity index (χ3n) is 4.79. The van der Waals surface area contributed by atoms with E-state index in [1.165, 1.54) is 18.2 Å². The number of allylic oxidation sites excluding steroid dienone is 2. The van der Waals surface area contributed by atoms with Crippen LogP contribution in [0.2, 0.25) is 5.02 Å². The second-order valence-corrected chi connectivity index (χ2v) is 7.28. The highest BCUT2D eigenvalue weighted by molar-refractivity contribution is 6.34. The molecule has 0 aliphatic heterocycles. The minimum atomic E-state index is -0.599. The van der Waals surface area contributed by atoms with Gasteiger partial charge in [0.2, 0.25) is 5.78 Å². The predicted molar refractivity (Wildman–Crippen MR) is 119 cm³/mol. The van der Waals surface area contributed by atoms with Gasteiger partial charge >= 0.3 is 0 Å². The number of ketones is 2. The molecule has 3 aromatic carbocycles. The Morgan fingerprint density at radius 2 is 1.56 bits per heavy atom. The van der Waals surface area contributed by atoms with Crippen molar-refractivity contribution in [2.45, 2.75) is 0 Å². The Balaban J connectivity index is 1.46. The van der Waals surface area contributed by atoms with Crippen LogP contribution in [0.5, 0.6) is 0 Å². The molecule has 2 N–H and O–H groups in total. The van der Waals surface area contributed by atoms with Crippen LogP contribution >= 0.6 is 11.6 Å². The summed E-state index contributed by atoms with van der Waals surface area (Å²) in [5.41, 5.74) is 1.73. The Morgan fingerprint density at radius 1 is 0.906 bits per heavy atom. The van der Waals surface area contributed by atoms with Crippen LogP contribution in [0.25, 0.3) is 0 Å². The van der Waals surface area contributed by atoms with E-state index in [4.69, 9.17) is 11.6 Å². The van der Waals surface area contributed by atoms with E-state index in [9.17, 15) is 24.5 Å². The van der Waals surface area contributed by atoms with Gasteiger partial charge in [-0.3, -0.25) is 24.5 Å². The molecular formula is C23H14ClN3O5. The summed E-state index contributed by atoms with van der Waals surface area (Å²) in [6.45, 7) is 0. The quantitative estimate of drug-likeness (QED) is 0.425. The molecule has 1 aliphatic carbocycles. The number of halogens is 1. The second kappa shape index (κ2) is 8.44. The predicted octanol–water partition coefficient (Wildman–Crippen LogP) is 4.88. The molecule has 1 amide bonds. The fraction of sp³-hybridized carbons (Fsp3) is 0. The molecule has 9 heteroatoms. The Hall–Kier alpha value is -4.30. The number of non-ortho nitro benzene ring substituents is 1. The van der Waals surface area contributed by atoms with Gasteiger partial charge < -0.3 is 10.6 Å². The lowest BCUT2D eigenvalue weighted by Crippen LogP contribution is -2.21. The molecule has 0 fully saturated rings. The first-order chi connectivity index (χ1) is 15.3. The molecule has 0 saturated heterocycles. The molecule has 0 aromatic heterocycles. The molecule has 158 valence electrons. The maximum atomic E-state index is 12.6. The minimum Gasteiger partial charge on any atom is -0.352 e. The van der Waals surface area contributed by atoms with Gasteiger partial charge in [0.05, 0.1) is 21.2 Å². The van der Waals surface area contributed by atoms with Crippen LogP contribution in [0.4, 0.5) is 17.1 Å². The number of carbonyl (C=O) groups is 3. The van der Waals surface area contributed by atoms with Crippen molar-refractivity contribution in [3.05, 3.63) is 110 Å². The van der Waals surface area contributed by atoms with Crippen molar-refractivity contribution in [3.8, 4) is 0 Å². The van der Waals surface area contributed by atoms with Crippen molar-refractivity contribution in [3.63, 3.8) is 0 Å². The average molecular weight is 448 g/mol. The van der Waals surface area contributed by atoms with Gasteiger partial charge in [-0.15, -0.1) is 0 Å². The van der Waals surface area contributed by atoms with Crippen LogP contribution in [0.15, 0.2) is 78.5 Å². The summed E-state index contributed by atoms with van der Waals surface area (Å²) in [4.78, 5) is 47.5. The highest BCUT2D eigenvalue weighted by Crippen LogP contribution is 2.25. The van der Waals surface area contributed by atoms with E-state index < -0.39 is 10.8 Å². The van der Waals surface area contributed by atoms with Gasteiger partial charge in [-0.1, -0.05) is 35.9 Å². The van der Waals surface area contributed by atoms with Crippen molar-refractivity contribution < 1.29 is 19.3 Å². The summed E-state index contributed by atoms with van der Waals surface area (Å²) < 4.78 is 0. The lowest BCUT2D eigenvalue weighted by Gasteiger charge is -2.16. The standard InChI is InChI=1S/C23H14ClN3O5/c24-19-11-15(27(31)32)9-10-18(19)23(30)26-14-7-5-13(6-8-14)25-20-12-21(28)16-3-1-2-4-17(16)22(20)29/h1-12,25H,(H,26,30). The summed E-state index contributed by atoms with van der Waals surface area (Å²) in [6, 6.07) is 16.7. The maximum absolute atomic E-state index is 12.6. The largest absolute Gasteiger partial charge is 0.352 e. The molecule has 0 unspecified atom stereocenters. The van der Waals surface area contributed by atoms with Gasteiger partial charge in [0, 0.05) is 40.7 Å². The summed E-state index contributed by atoms with van der Waals surface area (Å²) in [5, 5.41) is 16.3. The number of nitrogens with zero attached hydrogens (tertiary/aromatic N) is 1. The SMILES string of the molecule is O=C(Nc1ccc(NC2=CC(=O)c3ccccc3C2=O)cc1)c1ccc([N+](=O)[O-])cc1Cl. The number of hydrogen-bond donors (Lipinski definition) is 2. The zero-order valence-electron chi connectivity index (χ0n) is 16.3. The number of fused-ring (bicyclic) bond motifs is 1. The molecule has 4 rings (SSSR count). The molecule has 0 spiro atoms. The molecule has 0 atom stereocenters. The summed E-state index contributed by atoms with van der Waals surface area (Å²) in [7, 11) is 0. The van der Waals surface area contributed by atoms with Crippen LogP contribution in [0, 0.1) is 10.1 Å². The molecule has 0 heterocycles. The van der Waals surface area contributed by atoms with Crippen LogP contribution in [0.1, 0.15) is 31.1 Å². The Morgan fingerprint density at radius 3 is 2.22 bits per heavy atom. The molecule has 0 radical (unpaired) electrons. The van der Waals surface area contributed by atoms with Crippen molar-refractivity contribution >= 4 is 46.1 Å². The van der Waals surface area contributed by atoms with Gasteiger partial charge in [-0.2, -0.15) is 0 Å². The highest BCUT2D eigenvalue weighted by Gasteiger charge is 2.25. The fourth-order valence-electron chi connectivity index (χ4n) is 3.20. The number of anilines is 2. The van der Waals surface area contributed by atoms with E-state index in [0.29, 0.717) is 22.5 Å². The minimum absolute atomic E-state index is 0.0392. The lowest BCUT2D eigenvalue weighted by atomic mass is 9.92. The van der Waals surface area contributed by atoms with E-state index >= 15 is 0 Å². The van der Waals surface area contributed by atoms with E-state index in [-0.39, 0.29) is 33.5 Å². The third kappa shape index (κ3) is 4.12. The van der Waals surface area contributed by atoms with Crippen LogP contribution in [0.3, 0.4) is 0 Å². The number of rotatable bonds is 5. The molecule has 0 saturated carbocycles. The Bertz CT molecular complexity index is 1320. The van der Waals surface area contributed by atoms with Crippen LogP contribution in [-0.4, -0.2) is 22.4 Å². The summed E-state index contributed by atoms with van der Waals surface area (Å²) in [6.07, 6.45) is 1.26.